The number of aryl methyl sites for hydroxylation is 1. The number of rotatable bonds is 9. The molecule has 0 heterocycles. The van der Waals surface area contributed by atoms with Crippen molar-refractivity contribution in [2.24, 2.45) is 0 Å². The predicted octanol–water partition coefficient (Wildman–Crippen LogP) is 3.54. The zero-order chi connectivity index (χ0) is 12.3. The minimum Gasteiger partial charge on any atom is -0.493 e. The molecule has 2 heteroatoms. The molecular formula is C15H25NO. The van der Waals surface area contributed by atoms with Gasteiger partial charge in [0.15, 0.2) is 0 Å². The van der Waals surface area contributed by atoms with Crippen LogP contribution in [0.2, 0.25) is 0 Å². The fourth-order valence-corrected chi connectivity index (χ4v) is 1.78. The minimum atomic E-state index is 0.839. The van der Waals surface area contributed by atoms with Crippen LogP contribution in [0.5, 0.6) is 5.75 Å². The largest absolute Gasteiger partial charge is 0.493 e. The summed E-state index contributed by atoms with van der Waals surface area (Å²) in [5, 5.41) is 3.34. The summed E-state index contributed by atoms with van der Waals surface area (Å²) in [5.41, 5.74) is 1.22. The van der Waals surface area contributed by atoms with Crippen molar-refractivity contribution in [3.63, 3.8) is 0 Å². The van der Waals surface area contributed by atoms with Crippen LogP contribution in [0.4, 0.5) is 0 Å². The third kappa shape index (κ3) is 6.32. The second-order valence-electron chi connectivity index (χ2n) is 4.38. The van der Waals surface area contributed by atoms with Gasteiger partial charge in [0.25, 0.3) is 0 Å². The first kappa shape index (κ1) is 14.0. The smallest absolute Gasteiger partial charge is 0.122 e. The molecule has 0 fully saturated rings. The molecule has 0 amide bonds. The highest BCUT2D eigenvalue weighted by Crippen LogP contribution is 2.16. The minimum absolute atomic E-state index is 0.839. The van der Waals surface area contributed by atoms with Crippen LogP contribution < -0.4 is 10.1 Å². The van der Waals surface area contributed by atoms with Crippen molar-refractivity contribution in [1.29, 1.82) is 0 Å². The van der Waals surface area contributed by atoms with Gasteiger partial charge in [-0.2, -0.15) is 0 Å². The number of unbranched alkanes of at least 4 members (excludes halogenated alkanes) is 3. The summed E-state index contributed by atoms with van der Waals surface area (Å²) < 4.78 is 5.75. The van der Waals surface area contributed by atoms with E-state index in [1.807, 2.05) is 18.2 Å². The molecule has 17 heavy (non-hydrogen) atoms. The van der Waals surface area contributed by atoms with E-state index in [2.05, 4.69) is 25.2 Å². The van der Waals surface area contributed by atoms with Gasteiger partial charge in [0, 0.05) is 0 Å². The van der Waals surface area contributed by atoms with Gasteiger partial charge in [-0.3, -0.25) is 0 Å². The lowest BCUT2D eigenvalue weighted by molar-refractivity contribution is 0.302. The van der Waals surface area contributed by atoms with Crippen molar-refractivity contribution in [2.75, 3.05) is 19.7 Å². The van der Waals surface area contributed by atoms with Crippen molar-refractivity contribution in [3.05, 3.63) is 29.8 Å². The van der Waals surface area contributed by atoms with Gasteiger partial charge in [-0.25, -0.2) is 0 Å². The Morgan fingerprint density at radius 3 is 2.59 bits per heavy atom. The van der Waals surface area contributed by atoms with Gasteiger partial charge in [0.2, 0.25) is 0 Å². The summed E-state index contributed by atoms with van der Waals surface area (Å²) in [5.74, 6) is 1.03. The SMILES string of the molecule is CCNCCCCCCOc1ccccc1C. The summed E-state index contributed by atoms with van der Waals surface area (Å²) >= 11 is 0. The van der Waals surface area contributed by atoms with Crippen LogP contribution in [0.15, 0.2) is 24.3 Å². The number of para-hydroxylation sites is 1. The van der Waals surface area contributed by atoms with Crippen LogP contribution in [-0.4, -0.2) is 19.7 Å². The number of benzene rings is 1. The van der Waals surface area contributed by atoms with E-state index in [1.54, 1.807) is 0 Å². The number of nitrogens with one attached hydrogen (secondary N) is 1. The van der Waals surface area contributed by atoms with Crippen LogP contribution in [-0.2, 0) is 0 Å². The standard InChI is InChI=1S/C15H25NO/c1-3-16-12-8-4-5-9-13-17-15-11-7-6-10-14(15)2/h6-7,10-11,16H,3-5,8-9,12-13H2,1-2H3. The normalized spacial score (nSPS) is 10.5. The van der Waals surface area contributed by atoms with Crippen molar-refractivity contribution in [3.8, 4) is 5.75 Å². The lowest BCUT2D eigenvalue weighted by Crippen LogP contribution is -2.13. The van der Waals surface area contributed by atoms with Crippen molar-refractivity contribution >= 4 is 0 Å². The van der Waals surface area contributed by atoms with E-state index < -0.39 is 0 Å². The number of hydrogen-bond donors (Lipinski definition) is 1. The summed E-state index contributed by atoms with van der Waals surface area (Å²) in [6, 6.07) is 8.20. The fourth-order valence-electron chi connectivity index (χ4n) is 1.78. The lowest BCUT2D eigenvalue weighted by atomic mass is 10.2. The fraction of sp³-hybridized carbons (Fsp3) is 0.600. The average molecular weight is 235 g/mol. The molecule has 0 aliphatic heterocycles. The van der Waals surface area contributed by atoms with E-state index in [1.165, 1.54) is 24.8 Å². The molecular weight excluding hydrogens is 210 g/mol. The second-order valence-corrected chi connectivity index (χ2v) is 4.38. The summed E-state index contributed by atoms with van der Waals surface area (Å²) in [4.78, 5) is 0. The van der Waals surface area contributed by atoms with Gasteiger partial charge in [0.05, 0.1) is 6.61 Å². The molecule has 0 aromatic heterocycles. The quantitative estimate of drug-likeness (QED) is 0.661. The zero-order valence-corrected chi connectivity index (χ0v) is 11.2. The monoisotopic (exact) mass is 235 g/mol. The molecule has 0 unspecified atom stereocenters. The average Bonchev–Trinajstić information content (AvgIpc) is 2.35. The Bertz CT molecular complexity index is 299. The summed E-state index contributed by atoms with van der Waals surface area (Å²) in [6.07, 6.45) is 4.99. The molecule has 0 saturated carbocycles. The maximum absolute atomic E-state index is 5.75. The Kier molecular flexibility index (Phi) is 7.48. The number of hydrogen-bond acceptors (Lipinski definition) is 2. The first-order chi connectivity index (χ1) is 8.34. The molecule has 2 nitrogen and oxygen atoms in total. The molecule has 0 radical (unpaired) electrons. The molecule has 0 spiro atoms. The molecule has 0 saturated heterocycles. The first-order valence-electron chi connectivity index (χ1n) is 6.73. The Morgan fingerprint density at radius 2 is 1.82 bits per heavy atom. The van der Waals surface area contributed by atoms with Crippen LogP contribution in [0.1, 0.15) is 38.2 Å². The molecule has 0 aliphatic carbocycles. The highest BCUT2D eigenvalue weighted by Gasteiger charge is 1.97. The van der Waals surface area contributed by atoms with Crippen molar-refractivity contribution < 1.29 is 4.74 Å². The van der Waals surface area contributed by atoms with E-state index in [0.29, 0.717) is 0 Å². The highest BCUT2D eigenvalue weighted by molar-refractivity contribution is 5.31. The van der Waals surface area contributed by atoms with Crippen LogP contribution in [0.3, 0.4) is 0 Å². The van der Waals surface area contributed by atoms with E-state index >= 15 is 0 Å². The van der Waals surface area contributed by atoms with E-state index in [4.69, 9.17) is 4.74 Å². The van der Waals surface area contributed by atoms with Gasteiger partial charge >= 0.3 is 0 Å². The topological polar surface area (TPSA) is 21.3 Å². The van der Waals surface area contributed by atoms with Crippen molar-refractivity contribution in [2.45, 2.75) is 39.5 Å². The Balaban J connectivity index is 1.99. The molecule has 96 valence electrons. The molecule has 0 aliphatic rings. The van der Waals surface area contributed by atoms with Crippen LogP contribution >= 0.6 is 0 Å². The van der Waals surface area contributed by atoms with Gasteiger partial charge in [-0.15, -0.1) is 0 Å². The maximum atomic E-state index is 5.75. The third-order valence-corrected chi connectivity index (χ3v) is 2.85. The van der Waals surface area contributed by atoms with Gasteiger partial charge in [-0.1, -0.05) is 38.0 Å². The Labute approximate surface area is 105 Å². The Hall–Kier alpha value is -1.02. The first-order valence-corrected chi connectivity index (χ1v) is 6.73. The molecule has 1 rings (SSSR count). The zero-order valence-electron chi connectivity index (χ0n) is 11.2. The molecule has 1 N–H and O–H groups in total. The molecule has 0 bridgehead atoms. The van der Waals surface area contributed by atoms with Crippen LogP contribution in [0.25, 0.3) is 0 Å². The van der Waals surface area contributed by atoms with Crippen LogP contribution in [0, 0.1) is 6.92 Å². The number of ether oxygens (including phenoxy) is 1. The van der Waals surface area contributed by atoms with E-state index in [0.717, 1.165) is 31.9 Å². The van der Waals surface area contributed by atoms with Gasteiger partial charge < -0.3 is 10.1 Å². The van der Waals surface area contributed by atoms with E-state index in [9.17, 15) is 0 Å². The third-order valence-electron chi connectivity index (χ3n) is 2.85. The summed E-state index contributed by atoms with van der Waals surface area (Å²) in [6.45, 7) is 7.30. The lowest BCUT2D eigenvalue weighted by Gasteiger charge is -2.08. The summed E-state index contributed by atoms with van der Waals surface area (Å²) in [7, 11) is 0. The van der Waals surface area contributed by atoms with Gasteiger partial charge in [0.1, 0.15) is 5.75 Å². The van der Waals surface area contributed by atoms with E-state index in [-0.39, 0.29) is 0 Å². The molecule has 1 aromatic carbocycles. The molecule has 1 aromatic rings. The predicted molar refractivity (Wildman–Crippen MR) is 73.7 cm³/mol. The van der Waals surface area contributed by atoms with Crippen molar-refractivity contribution in [1.82, 2.24) is 5.32 Å². The maximum Gasteiger partial charge on any atom is 0.122 e. The second kappa shape index (κ2) is 9.06. The molecule has 0 atom stereocenters. The highest BCUT2D eigenvalue weighted by atomic mass is 16.5. The van der Waals surface area contributed by atoms with Gasteiger partial charge in [-0.05, 0) is 44.5 Å². The Morgan fingerprint density at radius 1 is 1.06 bits per heavy atom.